The standard InChI is InChI=1S/C11H7Cl2NOS/c12-7-2-1-6(5-9(7)14)10(15)11-8(13)3-4-16-11/h1-5H,14H2. The normalized spacial score (nSPS) is 10.4. The molecule has 2 N–H and O–H groups in total. The lowest BCUT2D eigenvalue weighted by molar-refractivity contribution is 0.104. The lowest BCUT2D eigenvalue weighted by Gasteiger charge is -2.02. The highest BCUT2D eigenvalue weighted by Gasteiger charge is 2.14. The van der Waals surface area contributed by atoms with Crippen LogP contribution in [0, 0.1) is 0 Å². The molecule has 5 heteroatoms. The molecule has 0 amide bonds. The van der Waals surface area contributed by atoms with E-state index in [4.69, 9.17) is 28.9 Å². The van der Waals surface area contributed by atoms with E-state index in [-0.39, 0.29) is 5.78 Å². The quantitative estimate of drug-likeness (QED) is 0.666. The first kappa shape index (κ1) is 11.5. The van der Waals surface area contributed by atoms with E-state index in [0.717, 1.165) is 0 Å². The van der Waals surface area contributed by atoms with Gasteiger partial charge in [0.25, 0.3) is 0 Å². The lowest BCUT2D eigenvalue weighted by Crippen LogP contribution is -2.00. The molecule has 2 nitrogen and oxygen atoms in total. The second kappa shape index (κ2) is 4.45. The van der Waals surface area contributed by atoms with Gasteiger partial charge in [-0.15, -0.1) is 11.3 Å². The van der Waals surface area contributed by atoms with Crippen molar-refractivity contribution in [3.63, 3.8) is 0 Å². The Kier molecular flexibility index (Phi) is 3.19. The zero-order valence-electron chi connectivity index (χ0n) is 8.04. The van der Waals surface area contributed by atoms with E-state index >= 15 is 0 Å². The fourth-order valence-electron chi connectivity index (χ4n) is 1.27. The number of hydrogen-bond acceptors (Lipinski definition) is 3. The monoisotopic (exact) mass is 271 g/mol. The molecule has 0 aliphatic rings. The van der Waals surface area contributed by atoms with E-state index in [2.05, 4.69) is 0 Å². The number of carbonyl (C=O) groups excluding carboxylic acids is 1. The number of halogens is 2. The van der Waals surface area contributed by atoms with E-state index in [9.17, 15) is 4.79 Å². The molecule has 0 bridgehead atoms. The minimum Gasteiger partial charge on any atom is -0.398 e. The Morgan fingerprint density at radius 3 is 2.50 bits per heavy atom. The summed E-state index contributed by atoms with van der Waals surface area (Å²) in [6.07, 6.45) is 0. The van der Waals surface area contributed by atoms with Crippen molar-refractivity contribution in [2.45, 2.75) is 0 Å². The number of anilines is 1. The maximum absolute atomic E-state index is 12.0. The second-order valence-electron chi connectivity index (χ2n) is 3.16. The average Bonchev–Trinajstić information content (AvgIpc) is 2.67. The van der Waals surface area contributed by atoms with Gasteiger partial charge in [0.05, 0.1) is 20.6 Å². The number of benzene rings is 1. The van der Waals surface area contributed by atoms with Crippen molar-refractivity contribution >= 4 is 46.0 Å². The number of carbonyl (C=O) groups is 1. The number of hydrogen-bond donors (Lipinski definition) is 1. The maximum Gasteiger partial charge on any atom is 0.204 e. The van der Waals surface area contributed by atoms with Crippen LogP contribution in [0.4, 0.5) is 5.69 Å². The van der Waals surface area contributed by atoms with Crippen molar-refractivity contribution in [2.75, 3.05) is 5.73 Å². The first-order chi connectivity index (χ1) is 7.59. The van der Waals surface area contributed by atoms with Gasteiger partial charge in [-0.05, 0) is 29.6 Å². The molecule has 0 aliphatic carbocycles. The summed E-state index contributed by atoms with van der Waals surface area (Å²) in [5.41, 5.74) is 6.52. The molecule has 0 unspecified atom stereocenters. The molecule has 1 heterocycles. The molecule has 82 valence electrons. The average molecular weight is 272 g/mol. The van der Waals surface area contributed by atoms with E-state index in [1.807, 2.05) is 0 Å². The zero-order valence-corrected chi connectivity index (χ0v) is 10.4. The van der Waals surface area contributed by atoms with Crippen molar-refractivity contribution < 1.29 is 4.79 Å². The Bertz CT molecular complexity index is 551. The number of ketones is 1. The topological polar surface area (TPSA) is 43.1 Å². The van der Waals surface area contributed by atoms with Crippen LogP contribution in [0.25, 0.3) is 0 Å². The summed E-state index contributed by atoms with van der Waals surface area (Å²) in [6.45, 7) is 0. The predicted molar refractivity (Wildman–Crippen MR) is 68.6 cm³/mol. The number of thiophene rings is 1. The predicted octanol–water partition coefficient (Wildman–Crippen LogP) is 3.87. The summed E-state index contributed by atoms with van der Waals surface area (Å²) in [4.78, 5) is 12.5. The van der Waals surface area contributed by atoms with Crippen LogP contribution in [-0.2, 0) is 0 Å². The summed E-state index contributed by atoms with van der Waals surface area (Å²) < 4.78 is 0. The van der Waals surface area contributed by atoms with Crippen LogP contribution < -0.4 is 5.73 Å². The summed E-state index contributed by atoms with van der Waals surface area (Å²) >= 11 is 13.0. The molecule has 0 saturated carbocycles. The van der Waals surface area contributed by atoms with Gasteiger partial charge in [0, 0.05) is 5.56 Å². The lowest BCUT2D eigenvalue weighted by atomic mass is 10.1. The Hall–Kier alpha value is -1.03. The first-order valence-electron chi connectivity index (χ1n) is 4.42. The molecule has 2 aromatic rings. The van der Waals surface area contributed by atoms with Gasteiger partial charge in [-0.3, -0.25) is 4.79 Å². The van der Waals surface area contributed by atoms with Gasteiger partial charge in [-0.2, -0.15) is 0 Å². The van der Waals surface area contributed by atoms with Crippen LogP contribution in [0.15, 0.2) is 29.6 Å². The molecule has 0 saturated heterocycles. The molecule has 1 aromatic carbocycles. The second-order valence-corrected chi connectivity index (χ2v) is 4.89. The third-order valence-electron chi connectivity index (χ3n) is 2.08. The fraction of sp³-hybridized carbons (Fsp3) is 0. The Morgan fingerprint density at radius 2 is 1.94 bits per heavy atom. The summed E-state index contributed by atoms with van der Waals surface area (Å²) in [5.74, 6) is -0.136. The van der Waals surface area contributed by atoms with Crippen molar-refractivity contribution in [3.8, 4) is 0 Å². The fourth-order valence-corrected chi connectivity index (χ4v) is 2.49. The molecule has 0 radical (unpaired) electrons. The Labute approximate surface area is 107 Å². The van der Waals surface area contributed by atoms with Crippen molar-refractivity contribution in [2.24, 2.45) is 0 Å². The van der Waals surface area contributed by atoms with E-state index in [1.54, 1.807) is 29.6 Å². The van der Waals surface area contributed by atoms with Gasteiger partial charge in [-0.1, -0.05) is 23.2 Å². The van der Waals surface area contributed by atoms with Crippen LogP contribution in [0.1, 0.15) is 15.2 Å². The van der Waals surface area contributed by atoms with Crippen molar-refractivity contribution in [1.29, 1.82) is 0 Å². The molecule has 0 aliphatic heterocycles. The molecule has 1 aromatic heterocycles. The van der Waals surface area contributed by atoms with Crippen LogP contribution in [-0.4, -0.2) is 5.78 Å². The third-order valence-corrected chi connectivity index (χ3v) is 3.77. The van der Waals surface area contributed by atoms with Gasteiger partial charge in [0.2, 0.25) is 5.78 Å². The zero-order chi connectivity index (χ0) is 11.7. The van der Waals surface area contributed by atoms with E-state index < -0.39 is 0 Å². The Morgan fingerprint density at radius 1 is 1.19 bits per heavy atom. The molecule has 0 spiro atoms. The van der Waals surface area contributed by atoms with Gasteiger partial charge in [0.15, 0.2) is 0 Å². The van der Waals surface area contributed by atoms with Gasteiger partial charge in [0.1, 0.15) is 0 Å². The molecule has 0 atom stereocenters. The van der Waals surface area contributed by atoms with Gasteiger partial charge in [-0.25, -0.2) is 0 Å². The highest BCUT2D eigenvalue weighted by molar-refractivity contribution is 7.13. The summed E-state index contributed by atoms with van der Waals surface area (Å²) in [6, 6.07) is 6.49. The smallest absolute Gasteiger partial charge is 0.204 e. The largest absolute Gasteiger partial charge is 0.398 e. The van der Waals surface area contributed by atoms with Crippen LogP contribution in [0.2, 0.25) is 10.0 Å². The molecular weight excluding hydrogens is 265 g/mol. The molecule has 16 heavy (non-hydrogen) atoms. The number of rotatable bonds is 2. The van der Waals surface area contributed by atoms with Crippen LogP contribution in [0.5, 0.6) is 0 Å². The van der Waals surface area contributed by atoms with Crippen LogP contribution >= 0.6 is 34.5 Å². The molecular formula is C11H7Cl2NOS. The number of nitrogens with two attached hydrogens (primary N) is 1. The van der Waals surface area contributed by atoms with E-state index in [1.165, 1.54) is 11.3 Å². The van der Waals surface area contributed by atoms with Gasteiger partial charge >= 0.3 is 0 Å². The highest BCUT2D eigenvalue weighted by atomic mass is 35.5. The van der Waals surface area contributed by atoms with Crippen LogP contribution in [0.3, 0.4) is 0 Å². The SMILES string of the molecule is Nc1cc(C(=O)c2sccc2Cl)ccc1Cl. The van der Waals surface area contributed by atoms with E-state index in [0.29, 0.717) is 26.2 Å². The highest BCUT2D eigenvalue weighted by Crippen LogP contribution is 2.27. The maximum atomic E-state index is 12.0. The summed E-state index contributed by atoms with van der Waals surface area (Å²) in [7, 11) is 0. The molecule has 2 rings (SSSR count). The summed E-state index contributed by atoms with van der Waals surface area (Å²) in [5, 5.41) is 2.67. The first-order valence-corrected chi connectivity index (χ1v) is 6.06. The minimum absolute atomic E-state index is 0.136. The molecule has 0 fully saturated rings. The number of nitrogen functional groups attached to an aromatic ring is 1. The Balaban J connectivity index is 2.42. The van der Waals surface area contributed by atoms with Gasteiger partial charge < -0.3 is 5.73 Å². The third kappa shape index (κ3) is 2.07. The van der Waals surface area contributed by atoms with Crippen molar-refractivity contribution in [1.82, 2.24) is 0 Å². The minimum atomic E-state index is -0.136. The van der Waals surface area contributed by atoms with Crippen molar-refractivity contribution in [3.05, 3.63) is 50.1 Å².